The zero-order valence-corrected chi connectivity index (χ0v) is 21.6. The molecule has 2 amide bonds. The fraction of sp³-hybridized carbons (Fsp3) is 0.345. The van der Waals surface area contributed by atoms with Crippen molar-refractivity contribution in [1.82, 2.24) is 14.8 Å². The zero-order chi connectivity index (χ0) is 28.2. The van der Waals surface area contributed by atoms with E-state index in [1.54, 1.807) is 33.7 Å². The van der Waals surface area contributed by atoms with E-state index in [0.29, 0.717) is 38.1 Å². The SMILES string of the molecule is C[C@H]1CCC2(CO2)[C@H]2CN1C(=O)c1c(OCc3ccccc3)c(=O)c(C(=O)NCc3c(F)cc(F)cc3F)cn12. The molecular formula is C29H26F3N3O5. The number of amides is 2. The topological polar surface area (TPSA) is 93.2 Å². The van der Waals surface area contributed by atoms with Crippen LogP contribution in [-0.4, -0.2) is 46.1 Å². The van der Waals surface area contributed by atoms with Crippen molar-refractivity contribution < 1.29 is 32.2 Å². The second kappa shape index (κ2) is 9.81. The van der Waals surface area contributed by atoms with Crippen molar-refractivity contribution in [2.75, 3.05) is 13.2 Å². The number of benzene rings is 2. The van der Waals surface area contributed by atoms with Gasteiger partial charge >= 0.3 is 0 Å². The molecule has 208 valence electrons. The molecule has 3 aliphatic rings. The number of pyridine rings is 1. The van der Waals surface area contributed by atoms with Crippen LogP contribution < -0.4 is 15.5 Å². The first-order valence-electron chi connectivity index (χ1n) is 13.0. The molecule has 1 spiro atoms. The molecule has 0 aliphatic carbocycles. The molecule has 0 saturated carbocycles. The second-order valence-corrected chi connectivity index (χ2v) is 10.5. The second-order valence-electron chi connectivity index (χ2n) is 10.5. The molecule has 3 aliphatic heterocycles. The van der Waals surface area contributed by atoms with Crippen molar-refractivity contribution in [1.29, 1.82) is 0 Å². The van der Waals surface area contributed by atoms with Crippen molar-refractivity contribution in [3.8, 4) is 5.75 Å². The predicted molar refractivity (Wildman–Crippen MR) is 136 cm³/mol. The fourth-order valence-electron chi connectivity index (χ4n) is 5.59. The summed E-state index contributed by atoms with van der Waals surface area (Å²) in [5.41, 5.74) is -1.50. The molecule has 1 unspecified atom stereocenters. The maximum Gasteiger partial charge on any atom is 0.274 e. The quantitative estimate of drug-likeness (QED) is 0.470. The summed E-state index contributed by atoms with van der Waals surface area (Å²) < 4.78 is 55.1. The summed E-state index contributed by atoms with van der Waals surface area (Å²) in [5, 5.41) is 2.35. The Hall–Kier alpha value is -4.12. The number of carbonyl (C=O) groups is 2. The number of aromatic nitrogens is 1. The van der Waals surface area contributed by atoms with E-state index in [4.69, 9.17) is 9.47 Å². The van der Waals surface area contributed by atoms with Gasteiger partial charge in [-0.15, -0.1) is 0 Å². The first-order chi connectivity index (χ1) is 19.2. The molecule has 1 N–H and O–H groups in total. The van der Waals surface area contributed by atoms with E-state index in [0.717, 1.165) is 5.56 Å². The average molecular weight is 554 g/mol. The fourth-order valence-corrected chi connectivity index (χ4v) is 5.59. The molecule has 40 heavy (non-hydrogen) atoms. The van der Waals surface area contributed by atoms with E-state index in [-0.39, 0.29) is 41.6 Å². The third kappa shape index (κ3) is 4.43. The maximum absolute atomic E-state index is 14.2. The van der Waals surface area contributed by atoms with Gasteiger partial charge in [-0.25, -0.2) is 13.2 Å². The molecule has 11 heteroatoms. The third-order valence-electron chi connectivity index (χ3n) is 8.00. The summed E-state index contributed by atoms with van der Waals surface area (Å²) in [6.45, 7) is 2.10. The Bertz CT molecular complexity index is 1550. The van der Waals surface area contributed by atoms with Crippen molar-refractivity contribution in [3.63, 3.8) is 0 Å². The number of nitrogens with one attached hydrogen (secondary N) is 1. The Kier molecular flexibility index (Phi) is 6.41. The largest absolute Gasteiger partial charge is 0.483 e. The number of ether oxygens (including phenoxy) is 2. The van der Waals surface area contributed by atoms with Crippen LogP contribution in [0.4, 0.5) is 13.2 Å². The summed E-state index contributed by atoms with van der Waals surface area (Å²) in [6.07, 6.45) is 2.71. The van der Waals surface area contributed by atoms with Crippen LogP contribution in [0.5, 0.6) is 5.75 Å². The minimum absolute atomic E-state index is 0.0324. The predicted octanol–water partition coefficient (Wildman–Crippen LogP) is 3.72. The number of rotatable bonds is 6. The van der Waals surface area contributed by atoms with Gasteiger partial charge in [-0.05, 0) is 25.3 Å². The molecular weight excluding hydrogens is 527 g/mol. The molecule has 6 rings (SSSR count). The van der Waals surface area contributed by atoms with Gasteiger partial charge in [-0.1, -0.05) is 30.3 Å². The van der Waals surface area contributed by atoms with Crippen LogP contribution in [0.2, 0.25) is 0 Å². The van der Waals surface area contributed by atoms with Crippen molar-refractivity contribution in [3.05, 3.63) is 98.7 Å². The lowest BCUT2D eigenvalue weighted by molar-refractivity contribution is 0.0570. The molecule has 2 fully saturated rings. The van der Waals surface area contributed by atoms with Gasteiger partial charge in [0.2, 0.25) is 5.43 Å². The van der Waals surface area contributed by atoms with Crippen LogP contribution in [0.1, 0.15) is 57.8 Å². The summed E-state index contributed by atoms with van der Waals surface area (Å²) in [6, 6.07) is 9.59. The number of nitrogens with zero attached hydrogens (tertiary/aromatic N) is 2. The van der Waals surface area contributed by atoms with E-state index < -0.39 is 46.5 Å². The molecule has 2 bridgehead atoms. The van der Waals surface area contributed by atoms with Gasteiger partial charge in [0, 0.05) is 43.0 Å². The van der Waals surface area contributed by atoms with Gasteiger partial charge in [-0.3, -0.25) is 14.4 Å². The van der Waals surface area contributed by atoms with E-state index >= 15 is 0 Å². The molecule has 4 heterocycles. The molecule has 0 radical (unpaired) electrons. The highest BCUT2D eigenvalue weighted by Crippen LogP contribution is 2.49. The minimum atomic E-state index is -1.17. The van der Waals surface area contributed by atoms with Crippen LogP contribution in [0.3, 0.4) is 0 Å². The molecule has 3 atom stereocenters. The van der Waals surface area contributed by atoms with Crippen molar-refractivity contribution in [2.45, 2.75) is 50.6 Å². The first kappa shape index (κ1) is 26.1. The first-order valence-corrected chi connectivity index (χ1v) is 13.0. The Morgan fingerprint density at radius 1 is 1.15 bits per heavy atom. The third-order valence-corrected chi connectivity index (χ3v) is 8.00. The molecule has 8 nitrogen and oxygen atoms in total. The van der Waals surface area contributed by atoms with E-state index in [1.807, 2.05) is 13.0 Å². The standard InChI is InChI=1S/C29H26F3N3O5/c1-16-7-8-29(15-40-29)23-13-34(16)28(38)24-26(39-14-17-5-3-2-4-6-17)25(36)20(12-35(23)24)27(37)33-11-19-21(31)9-18(30)10-22(19)32/h2-6,9-10,12,16,23H,7-8,11,13-15H2,1H3,(H,33,37)/t16-,23+,29?/m0/s1. The van der Waals surface area contributed by atoms with E-state index in [2.05, 4.69) is 5.32 Å². The maximum atomic E-state index is 14.2. The van der Waals surface area contributed by atoms with Gasteiger partial charge in [0.1, 0.15) is 35.2 Å². The van der Waals surface area contributed by atoms with Crippen LogP contribution in [-0.2, 0) is 17.9 Å². The molecule has 1 aromatic heterocycles. The van der Waals surface area contributed by atoms with Crippen LogP contribution in [0.15, 0.2) is 53.5 Å². The normalized spacial score (nSPS) is 23.0. The zero-order valence-electron chi connectivity index (χ0n) is 21.6. The van der Waals surface area contributed by atoms with Gasteiger partial charge in [0.15, 0.2) is 11.4 Å². The lowest BCUT2D eigenvalue weighted by atomic mass is 9.94. The lowest BCUT2D eigenvalue weighted by Gasteiger charge is -2.38. The Balaban J connectivity index is 1.42. The smallest absolute Gasteiger partial charge is 0.274 e. The number of hydrogen-bond donors (Lipinski definition) is 1. The van der Waals surface area contributed by atoms with Gasteiger partial charge in [0.25, 0.3) is 11.8 Å². The highest BCUT2D eigenvalue weighted by Gasteiger charge is 2.57. The Labute approximate surface area is 227 Å². The van der Waals surface area contributed by atoms with Crippen LogP contribution in [0, 0.1) is 17.5 Å². The highest BCUT2D eigenvalue weighted by molar-refractivity contribution is 5.99. The average Bonchev–Trinajstić information content (AvgIpc) is 3.73. The molecule has 3 aromatic rings. The number of carbonyl (C=O) groups excluding carboxylic acids is 2. The number of halogens is 3. The summed E-state index contributed by atoms with van der Waals surface area (Å²) >= 11 is 0. The summed E-state index contributed by atoms with van der Waals surface area (Å²) in [7, 11) is 0. The molecule has 2 aromatic carbocycles. The van der Waals surface area contributed by atoms with Gasteiger partial charge < -0.3 is 24.3 Å². The van der Waals surface area contributed by atoms with E-state index in [9.17, 15) is 27.6 Å². The van der Waals surface area contributed by atoms with Crippen LogP contribution >= 0.6 is 0 Å². The van der Waals surface area contributed by atoms with Crippen LogP contribution in [0.25, 0.3) is 0 Å². The molecule has 2 saturated heterocycles. The summed E-state index contributed by atoms with van der Waals surface area (Å²) in [4.78, 5) is 42.4. The summed E-state index contributed by atoms with van der Waals surface area (Å²) in [5.74, 6) is -5.01. The monoisotopic (exact) mass is 553 g/mol. The van der Waals surface area contributed by atoms with Crippen molar-refractivity contribution >= 4 is 11.8 Å². The van der Waals surface area contributed by atoms with Gasteiger partial charge in [-0.2, -0.15) is 0 Å². The van der Waals surface area contributed by atoms with E-state index in [1.165, 1.54) is 6.20 Å². The highest BCUT2D eigenvalue weighted by atomic mass is 19.1. The Morgan fingerprint density at radius 2 is 1.85 bits per heavy atom. The number of fused-ring (bicyclic) bond motifs is 5. The van der Waals surface area contributed by atoms with Gasteiger partial charge in [0.05, 0.1) is 12.6 Å². The minimum Gasteiger partial charge on any atom is -0.483 e. The lowest BCUT2D eigenvalue weighted by Crippen LogP contribution is -2.50. The number of hydrogen-bond acceptors (Lipinski definition) is 5. The Morgan fingerprint density at radius 3 is 2.52 bits per heavy atom. The van der Waals surface area contributed by atoms with Crippen molar-refractivity contribution in [2.24, 2.45) is 0 Å². The number of epoxide rings is 1.